The summed E-state index contributed by atoms with van der Waals surface area (Å²) in [7, 11) is 0. The molecule has 2 atom stereocenters. The molecule has 0 bridgehead atoms. The van der Waals surface area contributed by atoms with Crippen LogP contribution in [0.15, 0.2) is 41.2 Å². The molecule has 0 radical (unpaired) electrons. The van der Waals surface area contributed by atoms with E-state index in [-0.39, 0.29) is 17.0 Å². The number of aromatic nitrogens is 2. The van der Waals surface area contributed by atoms with Crippen LogP contribution in [0.1, 0.15) is 5.69 Å². The first-order valence-electron chi connectivity index (χ1n) is 8.01. The fourth-order valence-corrected chi connectivity index (χ4v) is 5.19. The Kier molecular flexibility index (Phi) is 4.29. The molecule has 2 aliphatic heterocycles. The fourth-order valence-electron chi connectivity index (χ4n) is 3.10. The SMILES string of the molecule is Cc1csc(-c2cc[n+](CC3=C(C(=O)[O-])N4C(=O)[C@@H](N)[C@@H]4SC3)cc2)n1. The number of aryl methyl sites for hydroxylation is 1. The van der Waals surface area contributed by atoms with E-state index in [1.807, 2.05) is 41.4 Å². The van der Waals surface area contributed by atoms with Gasteiger partial charge in [-0.2, -0.15) is 0 Å². The molecule has 1 amide bonds. The predicted octanol–water partition coefficient (Wildman–Crippen LogP) is -0.348. The van der Waals surface area contributed by atoms with E-state index >= 15 is 0 Å². The van der Waals surface area contributed by atoms with Crippen molar-refractivity contribution >= 4 is 35.0 Å². The third kappa shape index (κ3) is 2.81. The van der Waals surface area contributed by atoms with Gasteiger partial charge in [0.25, 0.3) is 0 Å². The standard InChI is InChI=1S/C17H16N4O3S2/c1-9-7-25-14(19-9)10-2-4-20(5-3-10)6-11-8-26-16-12(18)15(22)21(16)13(11)17(23)24/h2-5,7,12,16H,6,8,18H2,1H3/t12-,16+/m1/s1. The maximum atomic E-state index is 12.0. The summed E-state index contributed by atoms with van der Waals surface area (Å²) in [5.74, 6) is -1.19. The molecule has 0 unspecified atom stereocenters. The molecule has 4 rings (SSSR count). The number of amides is 1. The van der Waals surface area contributed by atoms with Gasteiger partial charge < -0.3 is 15.6 Å². The van der Waals surface area contributed by atoms with Gasteiger partial charge in [-0.25, -0.2) is 9.55 Å². The molecule has 9 heteroatoms. The van der Waals surface area contributed by atoms with Crippen molar-refractivity contribution in [1.82, 2.24) is 9.88 Å². The van der Waals surface area contributed by atoms with Gasteiger partial charge in [-0.15, -0.1) is 23.1 Å². The van der Waals surface area contributed by atoms with Gasteiger partial charge in [0.15, 0.2) is 18.9 Å². The Bertz CT molecular complexity index is 922. The first-order chi connectivity index (χ1) is 12.5. The van der Waals surface area contributed by atoms with Crippen LogP contribution in [0.4, 0.5) is 0 Å². The minimum absolute atomic E-state index is 0.0347. The molecule has 7 nitrogen and oxygen atoms in total. The molecule has 2 aromatic heterocycles. The Morgan fingerprint density at radius 2 is 2.19 bits per heavy atom. The van der Waals surface area contributed by atoms with Crippen LogP contribution in [-0.4, -0.2) is 38.9 Å². The van der Waals surface area contributed by atoms with Crippen LogP contribution in [0.3, 0.4) is 0 Å². The van der Waals surface area contributed by atoms with Crippen molar-refractivity contribution in [3.8, 4) is 10.6 Å². The number of nitrogens with zero attached hydrogens (tertiary/aromatic N) is 3. The molecule has 0 spiro atoms. The fraction of sp³-hybridized carbons (Fsp3) is 0.294. The summed E-state index contributed by atoms with van der Waals surface area (Å²) in [4.78, 5) is 29.3. The lowest BCUT2D eigenvalue weighted by Crippen LogP contribution is -2.69. The first-order valence-corrected chi connectivity index (χ1v) is 9.94. The molecule has 2 aromatic rings. The second-order valence-corrected chi connectivity index (χ2v) is 8.19. The van der Waals surface area contributed by atoms with Crippen molar-refractivity contribution in [2.24, 2.45) is 5.73 Å². The van der Waals surface area contributed by atoms with Crippen molar-refractivity contribution in [3.05, 3.63) is 46.9 Å². The van der Waals surface area contributed by atoms with Crippen molar-refractivity contribution in [1.29, 1.82) is 0 Å². The number of carbonyl (C=O) groups excluding carboxylic acids is 2. The van der Waals surface area contributed by atoms with E-state index in [9.17, 15) is 14.7 Å². The summed E-state index contributed by atoms with van der Waals surface area (Å²) < 4.78 is 1.88. The third-order valence-electron chi connectivity index (χ3n) is 4.41. The third-order valence-corrected chi connectivity index (χ3v) is 6.78. The van der Waals surface area contributed by atoms with Gasteiger partial charge in [0.05, 0.1) is 11.7 Å². The topological polar surface area (TPSA) is 103 Å². The highest BCUT2D eigenvalue weighted by molar-refractivity contribution is 8.00. The van der Waals surface area contributed by atoms with Gasteiger partial charge in [0, 0.05) is 40.1 Å². The molecule has 4 heterocycles. The number of hydrogen-bond donors (Lipinski definition) is 1. The molecule has 2 aliphatic rings. The lowest BCUT2D eigenvalue weighted by atomic mass is 10.0. The number of carboxylic acid groups (broad SMARTS) is 1. The van der Waals surface area contributed by atoms with E-state index in [4.69, 9.17) is 5.73 Å². The minimum atomic E-state index is -1.33. The van der Waals surface area contributed by atoms with Gasteiger partial charge in [0.2, 0.25) is 5.91 Å². The summed E-state index contributed by atoms with van der Waals surface area (Å²) >= 11 is 3.07. The quantitative estimate of drug-likeness (QED) is 0.567. The zero-order valence-electron chi connectivity index (χ0n) is 13.9. The number of pyridine rings is 1. The van der Waals surface area contributed by atoms with Crippen molar-refractivity contribution in [2.75, 3.05) is 5.75 Å². The van der Waals surface area contributed by atoms with Crippen LogP contribution < -0.4 is 15.4 Å². The zero-order chi connectivity index (χ0) is 18.4. The first kappa shape index (κ1) is 17.2. The van der Waals surface area contributed by atoms with E-state index < -0.39 is 12.0 Å². The van der Waals surface area contributed by atoms with Crippen LogP contribution in [-0.2, 0) is 16.1 Å². The van der Waals surface area contributed by atoms with Crippen molar-refractivity contribution < 1.29 is 19.3 Å². The van der Waals surface area contributed by atoms with Gasteiger partial charge >= 0.3 is 0 Å². The summed E-state index contributed by atoms with van der Waals surface area (Å²) in [5, 5.41) is 14.2. The molecule has 0 aliphatic carbocycles. The normalized spacial score (nSPS) is 22.2. The number of carbonyl (C=O) groups is 2. The number of nitrogens with two attached hydrogens (primary N) is 1. The second kappa shape index (κ2) is 6.49. The number of thiazole rings is 1. The van der Waals surface area contributed by atoms with Crippen LogP contribution in [0.2, 0.25) is 0 Å². The molecule has 1 saturated heterocycles. The summed E-state index contributed by atoms with van der Waals surface area (Å²) in [6, 6.07) is 3.26. The van der Waals surface area contributed by atoms with Gasteiger partial charge in [0.1, 0.15) is 16.4 Å². The maximum Gasteiger partial charge on any atom is 0.248 e. The van der Waals surface area contributed by atoms with E-state index in [0.29, 0.717) is 17.9 Å². The Morgan fingerprint density at radius 1 is 1.46 bits per heavy atom. The monoisotopic (exact) mass is 388 g/mol. The zero-order valence-corrected chi connectivity index (χ0v) is 15.5. The highest BCUT2D eigenvalue weighted by Gasteiger charge is 2.50. The number of aliphatic carboxylic acids is 1. The molecule has 0 saturated carbocycles. The number of carboxylic acids is 1. The summed E-state index contributed by atoms with van der Waals surface area (Å²) in [6.07, 6.45) is 3.76. The smallest absolute Gasteiger partial charge is 0.248 e. The summed E-state index contributed by atoms with van der Waals surface area (Å²) in [5.41, 5.74) is 8.36. The van der Waals surface area contributed by atoms with E-state index in [1.165, 1.54) is 16.7 Å². The maximum absolute atomic E-state index is 12.0. The van der Waals surface area contributed by atoms with Crippen LogP contribution >= 0.6 is 23.1 Å². The molecular weight excluding hydrogens is 372 g/mol. The van der Waals surface area contributed by atoms with E-state index in [2.05, 4.69) is 4.98 Å². The Morgan fingerprint density at radius 3 is 2.81 bits per heavy atom. The van der Waals surface area contributed by atoms with Gasteiger partial charge in [-0.1, -0.05) is 0 Å². The summed E-state index contributed by atoms with van der Waals surface area (Å²) in [6.45, 7) is 2.33. The Balaban J connectivity index is 1.59. The second-order valence-electron chi connectivity index (χ2n) is 6.23. The lowest BCUT2D eigenvalue weighted by Gasteiger charge is -2.49. The number of rotatable bonds is 4. The highest BCUT2D eigenvalue weighted by Crippen LogP contribution is 2.39. The number of fused-ring (bicyclic) bond motifs is 1. The average Bonchev–Trinajstić information content (AvgIpc) is 3.07. The predicted molar refractivity (Wildman–Crippen MR) is 95.6 cm³/mol. The van der Waals surface area contributed by atoms with E-state index in [1.54, 1.807) is 11.3 Å². The highest BCUT2D eigenvalue weighted by atomic mass is 32.2. The molecule has 0 aromatic carbocycles. The van der Waals surface area contributed by atoms with Crippen molar-refractivity contribution in [3.63, 3.8) is 0 Å². The Labute approximate surface area is 158 Å². The molecular formula is C17H16N4O3S2. The van der Waals surface area contributed by atoms with Crippen LogP contribution in [0, 0.1) is 6.92 Å². The molecule has 2 N–H and O–H groups in total. The van der Waals surface area contributed by atoms with E-state index in [0.717, 1.165) is 16.3 Å². The number of thioether (sulfide) groups is 1. The van der Waals surface area contributed by atoms with Crippen molar-refractivity contribution in [2.45, 2.75) is 24.9 Å². The molecule has 26 heavy (non-hydrogen) atoms. The largest absolute Gasteiger partial charge is 0.543 e. The lowest BCUT2D eigenvalue weighted by molar-refractivity contribution is -0.689. The Hall–Kier alpha value is -2.23. The number of hydrogen-bond acceptors (Lipinski definition) is 7. The number of β-lactam (4-membered cyclic amide) rings is 1. The van der Waals surface area contributed by atoms with Gasteiger partial charge in [-0.05, 0) is 6.92 Å². The van der Waals surface area contributed by atoms with Crippen LogP contribution in [0.25, 0.3) is 10.6 Å². The van der Waals surface area contributed by atoms with Crippen LogP contribution in [0.5, 0.6) is 0 Å². The molecule has 134 valence electrons. The minimum Gasteiger partial charge on any atom is -0.543 e. The van der Waals surface area contributed by atoms with Gasteiger partial charge in [-0.3, -0.25) is 9.69 Å². The average molecular weight is 388 g/mol. The molecule has 1 fully saturated rings.